The molecule has 2 unspecified atom stereocenters. The van der Waals surface area contributed by atoms with E-state index in [9.17, 15) is 9.18 Å². The van der Waals surface area contributed by atoms with Crippen molar-refractivity contribution in [3.8, 4) is 17.1 Å². The molecular weight excluding hydrogens is 723 g/mol. The van der Waals surface area contributed by atoms with E-state index in [1.54, 1.807) is 19.1 Å². The molecule has 2 aromatic heterocycles. The van der Waals surface area contributed by atoms with Crippen LogP contribution in [0.4, 0.5) is 24.0 Å². The first-order valence-electron chi connectivity index (χ1n) is 18.5. The zero-order valence-electron chi connectivity index (χ0n) is 30.3. The van der Waals surface area contributed by atoms with Crippen molar-refractivity contribution in [2.75, 3.05) is 57.5 Å². The molecule has 3 aliphatic heterocycles. The van der Waals surface area contributed by atoms with Crippen molar-refractivity contribution in [3.05, 3.63) is 52.1 Å². The number of thiophene rings is 1. The van der Waals surface area contributed by atoms with E-state index in [2.05, 4.69) is 15.1 Å². The molecule has 0 bridgehead atoms. The number of benzene rings is 2. The van der Waals surface area contributed by atoms with Crippen LogP contribution in [-0.4, -0.2) is 96.4 Å². The average Bonchev–Trinajstić information content (AvgIpc) is 3.76. The van der Waals surface area contributed by atoms with Crippen LogP contribution in [0.15, 0.2) is 24.3 Å². The van der Waals surface area contributed by atoms with Gasteiger partial charge in [-0.1, -0.05) is 23.7 Å². The van der Waals surface area contributed by atoms with Gasteiger partial charge in [0, 0.05) is 55.2 Å². The number of ether oxygens (including phenoxy) is 1. The number of likely N-dealkylation sites (N-methyl/N-ethyl adjacent to an activating group) is 1. The molecule has 4 aliphatic rings. The van der Waals surface area contributed by atoms with Crippen LogP contribution in [0.1, 0.15) is 56.1 Å². The number of anilines is 2. The summed E-state index contributed by atoms with van der Waals surface area (Å²) in [7, 11) is 3.90. The van der Waals surface area contributed by atoms with Crippen molar-refractivity contribution in [2.24, 2.45) is 0 Å². The Morgan fingerprint density at radius 3 is 2.85 bits per heavy atom. The number of hydrogen-bond donors (Lipinski definition) is 2. The van der Waals surface area contributed by atoms with Gasteiger partial charge in [-0.15, -0.1) is 11.3 Å². The van der Waals surface area contributed by atoms with Crippen LogP contribution < -0.4 is 20.7 Å². The predicted octanol–water partition coefficient (Wildman–Crippen LogP) is 7.20. The van der Waals surface area contributed by atoms with Crippen LogP contribution in [0.2, 0.25) is 5.02 Å². The van der Waals surface area contributed by atoms with Crippen molar-refractivity contribution in [1.29, 1.82) is 0 Å². The van der Waals surface area contributed by atoms with Crippen LogP contribution in [0, 0.1) is 18.6 Å². The second-order valence-corrected chi connectivity index (χ2v) is 16.9. The highest BCUT2D eigenvalue weighted by Crippen LogP contribution is 2.49. The number of carbonyl (C=O) groups excluding carboxylic acids is 1. The first-order chi connectivity index (χ1) is 25.4. The molecule has 0 spiro atoms. The highest BCUT2D eigenvalue weighted by Gasteiger charge is 2.49. The summed E-state index contributed by atoms with van der Waals surface area (Å²) >= 11 is 8.33. The second kappa shape index (κ2) is 14.2. The molecule has 53 heavy (non-hydrogen) atoms. The predicted molar refractivity (Wildman–Crippen MR) is 206 cm³/mol. The van der Waals surface area contributed by atoms with Crippen LogP contribution in [0.25, 0.3) is 32.1 Å². The van der Waals surface area contributed by atoms with Gasteiger partial charge in [-0.3, -0.25) is 9.69 Å². The number of aromatic nitrogens is 2. The van der Waals surface area contributed by atoms with E-state index in [1.807, 2.05) is 25.1 Å². The Labute approximate surface area is 316 Å². The lowest BCUT2D eigenvalue weighted by Gasteiger charge is -2.41. The molecule has 1 saturated carbocycles. The lowest BCUT2D eigenvalue weighted by molar-refractivity contribution is -0.117. The second-order valence-electron chi connectivity index (χ2n) is 15.4. The van der Waals surface area contributed by atoms with E-state index >= 15 is 8.78 Å². The van der Waals surface area contributed by atoms with E-state index in [1.165, 1.54) is 6.07 Å². The van der Waals surface area contributed by atoms with Gasteiger partial charge in [0.05, 0.1) is 25.6 Å². The molecule has 1 amide bonds. The zero-order chi connectivity index (χ0) is 37.2. The number of nitrogens with two attached hydrogens (primary N) is 1. The van der Waals surface area contributed by atoms with Crippen LogP contribution >= 0.6 is 22.9 Å². The van der Waals surface area contributed by atoms with Gasteiger partial charge in [0.25, 0.3) is 0 Å². The fraction of sp³-hybridized carbons (Fsp3) is 0.513. The largest absolute Gasteiger partial charge is 0.461 e. The van der Waals surface area contributed by atoms with Gasteiger partial charge >= 0.3 is 6.01 Å². The summed E-state index contributed by atoms with van der Waals surface area (Å²) in [6, 6.07) is 2.88. The van der Waals surface area contributed by atoms with Gasteiger partial charge in [-0.2, -0.15) is 9.97 Å². The fourth-order valence-electron chi connectivity index (χ4n) is 9.17. The third kappa shape index (κ3) is 6.51. The van der Waals surface area contributed by atoms with E-state index < -0.39 is 23.3 Å². The molecule has 14 heteroatoms. The van der Waals surface area contributed by atoms with Gasteiger partial charge in [-0.05, 0) is 95.3 Å². The number of nitrogen functional groups attached to an aromatic ring is 1. The maximum absolute atomic E-state index is 17.3. The maximum Gasteiger partial charge on any atom is 0.319 e. The average molecular weight is 768 g/mol. The Balaban J connectivity index is 1.21. The van der Waals surface area contributed by atoms with E-state index in [0.29, 0.717) is 76.3 Å². The van der Waals surface area contributed by atoms with Crippen molar-refractivity contribution in [1.82, 2.24) is 25.1 Å². The fourth-order valence-corrected chi connectivity index (χ4v) is 10.6. The molecule has 5 heterocycles. The number of carbonyl (C=O) groups is 1. The summed E-state index contributed by atoms with van der Waals surface area (Å²) in [5.74, 6) is -0.664. The summed E-state index contributed by atoms with van der Waals surface area (Å²) in [5.41, 5.74) is 7.85. The number of aryl methyl sites for hydroxylation is 1. The van der Waals surface area contributed by atoms with Gasteiger partial charge < -0.3 is 25.6 Å². The standard InChI is InChI=1S/C39H45ClF3N7O2S/c1-21-29-25(10-11-27(42)35(29)53-36(21)44)30-32(40)26-12-16-50(24-8-4-7-23(17-24)45-28(51)9-5-14-48(2)3)37-31(26)34(33(30)43)46-38(47-37)52-20-39-13-6-15-49(39)19-22(41)18-39/h5,9-11,22-24H,4,6-8,12-20,44H2,1-3H3,(H,45,51)/b9-5+/t22-,23?,24?,39+/m1/s1. The van der Waals surface area contributed by atoms with Gasteiger partial charge in [0.1, 0.15) is 29.9 Å². The highest BCUT2D eigenvalue weighted by molar-refractivity contribution is 7.23. The summed E-state index contributed by atoms with van der Waals surface area (Å²) in [4.78, 5) is 28.8. The van der Waals surface area contributed by atoms with Crippen molar-refractivity contribution >= 4 is 60.7 Å². The number of halogens is 4. The molecule has 2 saturated heterocycles. The molecule has 4 aromatic rings. The Bertz CT molecular complexity index is 2130. The smallest absolute Gasteiger partial charge is 0.319 e. The Hall–Kier alpha value is -3.65. The van der Waals surface area contributed by atoms with Crippen LogP contribution in [0.5, 0.6) is 6.01 Å². The van der Waals surface area contributed by atoms with Gasteiger partial charge in [-0.25, -0.2) is 13.2 Å². The Kier molecular flexibility index (Phi) is 9.74. The number of nitrogens with one attached hydrogen (secondary N) is 1. The summed E-state index contributed by atoms with van der Waals surface area (Å²) in [6.07, 6.45) is 8.47. The van der Waals surface area contributed by atoms with E-state index in [4.69, 9.17) is 32.0 Å². The molecule has 8 rings (SSSR count). The topological polar surface area (TPSA) is 99.9 Å². The number of rotatable bonds is 9. The third-order valence-corrected chi connectivity index (χ3v) is 13.2. The molecular formula is C39H45ClF3N7O2S. The number of fused-ring (bicyclic) bond motifs is 2. The van der Waals surface area contributed by atoms with Crippen LogP contribution in [-0.2, 0) is 11.2 Å². The first kappa shape index (κ1) is 36.3. The monoisotopic (exact) mass is 767 g/mol. The lowest BCUT2D eigenvalue weighted by Crippen LogP contribution is -2.47. The minimum Gasteiger partial charge on any atom is -0.461 e. The van der Waals surface area contributed by atoms with Gasteiger partial charge in [0.2, 0.25) is 5.91 Å². The van der Waals surface area contributed by atoms with Crippen molar-refractivity contribution < 1.29 is 22.7 Å². The molecule has 0 radical (unpaired) electrons. The molecule has 9 nitrogen and oxygen atoms in total. The molecule has 1 aliphatic carbocycles. The number of amides is 1. The first-order valence-corrected chi connectivity index (χ1v) is 19.7. The van der Waals surface area contributed by atoms with E-state index in [0.717, 1.165) is 55.5 Å². The Morgan fingerprint density at radius 2 is 2.04 bits per heavy atom. The summed E-state index contributed by atoms with van der Waals surface area (Å²) < 4.78 is 53.8. The summed E-state index contributed by atoms with van der Waals surface area (Å²) in [6.45, 7) is 4.41. The number of alkyl halides is 1. The summed E-state index contributed by atoms with van der Waals surface area (Å²) in [5, 5.41) is 4.93. The van der Waals surface area contributed by atoms with Crippen molar-refractivity contribution in [3.63, 3.8) is 0 Å². The van der Waals surface area contributed by atoms with Crippen LogP contribution in [0.3, 0.4) is 0 Å². The number of nitrogens with zero attached hydrogens (tertiary/aromatic N) is 5. The number of hydrogen-bond acceptors (Lipinski definition) is 9. The minimum atomic E-state index is -0.928. The zero-order valence-corrected chi connectivity index (χ0v) is 31.9. The highest BCUT2D eigenvalue weighted by atomic mass is 35.5. The maximum atomic E-state index is 17.3. The molecule has 2 aromatic carbocycles. The molecule has 4 atom stereocenters. The molecule has 282 valence electrons. The quantitative estimate of drug-likeness (QED) is 0.173. The van der Waals surface area contributed by atoms with Gasteiger partial charge in [0.15, 0.2) is 5.82 Å². The SMILES string of the molecule is Cc1c(N)sc2c(F)ccc(-c3c(Cl)c4c5c(nc(OC[C@@]67CCCN6C[C@H](F)C7)nc5c3F)N(C3CCCC(NC(=O)/C=C/CN(C)C)C3)CC4)c12. The minimum absolute atomic E-state index is 0.0135. The molecule has 3 N–H and O–H groups in total. The Morgan fingerprint density at radius 1 is 1.21 bits per heavy atom. The van der Waals surface area contributed by atoms with E-state index in [-0.39, 0.29) is 46.7 Å². The molecule has 3 fully saturated rings. The normalized spacial score (nSPS) is 24.6. The lowest BCUT2D eigenvalue weighted by atomic mass is 9.87. The van der Waals surface area contributed by atoms with Crippen molar-refractivity contribution in [2.45, 2.75) is 82.1 Å². The third-order valence-electron chi connectivity index (χ3n) is 11.7.